The van der Waals surface area contributed by atoms with Gasteiger partial charge in [-0.05, 0) is 76.7 Å². The number of carbonyl (C=O) groups is 2. The maximum atomic E-state index is 12.6. The molecule has 1 atom stereocenters. The van der Waals surface area contributed by atoms with E-state index in [0.717, 1.165) is 77.0 Å². The van der Waals surface area contributed by atoms with Crippen LogP contribution in [0.2, 0.25) is 0 Å². The average molecular weight is 589 g/mol. The lowest BCUT2D eigenvalue weighted by atomic mass is 10.0. The van der Waals surface area contributed by atoms with Gasteiger partial charge in [-0.2, -0.15) is 0 Å². The molecule has 0 heterocycles. The predicted octanol–water partition coefficient (Wildman–Crippen LogP) is 12.2. The van der Waals surface area contributed by atoms with Gasteiger partial charge in [0.15, 0.2) is 0 Å². The third kappa shape index (κ3) is 32.7. The van der Waals surface area contributed by atoms with Crippen molar-refractivity contribution >= 4 is 11.9 Å². The fourth-order valence-electron chi connectivity index (χ4n) is 5.12. The number of unbranched alkanes of at least 4 members (excludes halogenated alkanes) is 19. The molecule has 0 bridgehead atoms. The number of aliphatic carboxylic acids is 1. The summed E-state index contributed by atoms with van der Waals surface area (Å²) < 4.78 is 5.90. The summed E-state index contributed by atoms with van der Waals surface area (Å²) in [6.07, 6.45) is 43.1. The zero-order valence-electron chi connectivity index (χ0n) is 27.8. The van der Waals surface area contributed by atoms with Crippen LogP contribution in [0.5, 0.6) is 0 Å². The lowest BCUT2D eigenvalue weighted by Crippen LogP contribution is -2.16. The average Bonchev–Trinajstić information content (AvgIpc) is 2.97. The number of carbonyl (C=O) groups excluding carboxylic acids is 1. The van der Waals surface area contributed by atoms with E-state index in [0.29, 0.717) is 6.42 Å². The van der Waals surface area contributed by atoms with Crippen LogP contribution in [-0.2, 0) is 14.3 Å². The number of rotatable bonds is 32. The first-order valence-corrected chi connectivity index (χ1v) is 18.0. The Morgan fingerprint density at radius 2 is 1.00 bits per heavy atom. The smallest absolute Gasteiger partial charge is 0.306 e. The third-order valence-electron chi connectivity index (χ3n) is 7.82. The van der Waals surface area contributed by atoms with Crippen LogP contribution < -0.4 is 0 Å². The van der Waals surface area contributed by atoms with Crippen molar-refractivity contribution in [1.82, 2.24) is 0 Å². The fraction of sp³-hybridized carbons (Fsp3) is 0.789. The molecule has 4 heteroatoms. The van der Waals surface area contributed by atoms with Gasteiger partial charge < -0.3 is 9.84 Å². The van der Waals surface area contributed by atoms with Crippen molar-refractivity contribution in [2.24, 2.45) is 0 Å². The minimum atomic E-state index is -0.702. The monoisotopic (exact) mass is 589 g/mol. The number of hydrogen-bond donors (Lipinski definition) is 1. The SMILES string of the molecule is CCCCC/C=C\C/C=C\CCCCCCCC(=O)OC(/C=C\CCCCCCCC)CCCCCCCCC(=O)O. The molecule has 0 rings (SSSR count). The van der Waals surface area contributed by atoms with Gasteiger partial charge in [-0.1, -0.05) is 134 Å². The summed E-state index contributed by atoms with van der Waals surface area (Å²) in [6.45, 7) is 4.50. The van der Waals surface area contributed by atoms with Crippen molar-refractivity contribution < 1.29 is 19.4 Å². The first kappa shape index (κ1) is 40.2. The third-order valence-corrected chi connectivity index (χ3v) is 7.82. The van der Waals surface area contributed by atoms with Gasteiger partial charge in [0.25, 0.3) is 0 Å². The number of esters is 1. The molecule has 0 saturated heterocycles. The number of allylic oxidation sites excluding steroid dienone is 5. The van der Waals surface area contributed by atoms with Crippen LogP contribution in [0.25, 0.3) is 0 Å². The zero-order chi connectivity index (χ0) is 30.8. The highest BCUT2D eigenvalue weighted by atomic mass is 16.5. The minimum absolute atomic E-state index is 0.0523. The largest absolute Gasteiger partial charge is 0.481 e. The van der Waals surface area contributed by atoms with Crippen LogP contribution in [0.1, 0.15) is 187 Å². The summed E-state index contributed by atoms with van der Waals surface area (Å²) in [5.74, 6) is -0.754. The zero-order valence-corrected chi connectivity index (χ0v) is 27.8. The molecule has 0 saturated carbocycles. The molecule has 0 fully saturated rings. The van der Waals surface area contributed by atoms with E-state index < -0.39 is 5.97 Å². The second-order valence-electron chi connectivity index (χ2n) is 12.0. The molecule has 4 nitrogen and oxygen atoms in total. The Labute approximate surface area is 260 Å². The second kappa shape index (κ2) is 33.7. The van der Waals surface area contributed by atoms with E-state index in [1.165, 1.54) is 83.5 Å². The summed E-state index contributed by atoms with van der Waals surface area (Å²) in [6, 6.07) is 0. The number of ether oxygens (including phenoxy) is 1. The Morgan fingerprint density at radius 3 is 1.60 bits per heavy atom. The van der Waals surface area contributed by atoms with Crippen LogP contribution in [0.3, 0.4) is 0 Å². The second-order valence-corrected chi connectivity index (χ2v) is 12.0. The normalized spacial score (nSPS) is 12.6. The minimum Gasteiger partial charge on any atom is -0.481 e. The molecule has 1 unspecified atom stereocenters. The van der Waals surface area contributed by atoms with Crippen molar-refractivity contribution in [3.05, 3.63) is 36.5 Å². The first-order chi connectivity index (χ1) is 20.6. The Bertz CT molecular complexity index is 679. The summed E-state index contributed by atoms with van der Waals surface area (Å²) >= 11 is 0. The summed E-state index contributed by atoms with van der Waals surface area (Å²) in [5, 5.41) is 8.75. The van der Waals surface area contributed by atoms with E-state index in [-0.39, 0.29) is 18.5 Å². The topological polar surface area (TPSA) is 63.6 Å². The molecule has 0 aromatic heterocycles. The van der Waals surface area contributed by atoms with Gasteiger partial charge in [0.2, 0.25) is 0 Å². The van der Waals surface area contributed by atoms with E-state index in [4.69, 9.17) is 9.84 Å². The summed E-state index contributed by atoms with van der Waals surface area (Å²) in [4.78, 5) is 23.2. The molecular weight excluding hydrogens is 520 g/mol. The van der Waals surface area contributed by atoms with Gasteiger partial charge in [0, 0.05) is 12.8 Å². The van der Waals surface area contributed by atoms with Crippen LogP contribution in [-0.4, -0.2) is 23.1 Å². The first-order valence-electron chi connectivity index (χ1n) is 18.0. The van der Waals surface area contributed by atoms with Crippen molar-refractivity contribution in [2.45, 2.75) is 193 Å². The fourth-order valence-corrected chi connectivity index (χ4v) is 5.12. The van der Waals surface area contributed by atoms with Crippen molar-refractivity contribution in [1.29, 1.82) is 0 Å². The Morgan fingerprint density at radius 1 is 0.548 bits per heavy atom. The van der Waals surface area contributed by atoms with Crippen LogP contribution in [0.4, 0.5) is 0 Å². The van der Waals surface area contributed by atoms with Crippen LogP contribution in [0.15, 0.2) is 36.5 Å². The Balaban J connectivity index is 4.10. The molecule has 0 amide bonds. The van der Waals surface area contributed by atoms with Crippen LogP contribution >= 0.6 is 0 Å². The molecule has 0 aromatic carbocycles. The van der Waals surface area contributed by atoms with E-state index in [9.17, 15) is 9.59 Å². The number of carboxylic acid groups (broad SMARTS) is 1. The predicted molar refractivity (Wildman–Crippen MR) is 181 cm³/mol. The van der Waals surface area contributed by atoms with Gasteiger partial charge in [-0.3, -0.25) is 9.59 Å². The molecule has 0 spiro atoms. The molecule has 0 aromatic rings. The van der Waals surface area contributed by atoms with Gasteiger partial charge >= 0.3 is 11.9 Å². The highest BCUT2D eigenvalue weighted by Gasteiger charge is 2.11. The van der Waals surface area contributed by atoms with Gasteiger partial charge in [0.05, 0.1) is 0 Å². The molecule has 1 N–H and O–H groups in total. The summed E-state index contributed by atoms with van der Waals surface area (Å²) in [5.41, 5.74) is 0. The molecule has 0 aliphatic carbocycles. The number of carboxylic acids is 1. The molecule has 244 valence electrons. The van der Waals surface area contributed by atoms with Crippen molar-refractivity contribution in [2.75, 3.05) is 0 Å². The summed E-state index contributed by atoms with van der Waals surface area (Å²) in [7, 11) is 0. The molecule has 42 heavy (non-hydrogen) atoms. The van der Waals surface area contributed by atoms with Gasteiger partial charge in [-0.15, -0.1) is 0 Å². The maximum Gasteiger partial charge on any atom is 0.306 e. The highest BCUT2D eigenvalue weighted by molar-refractivity contribution is 5.69. The van der Waals surface area contributed by atoms with Crippen molar-refractivity contribution in [3.63, 3.8) is 0 Å². The van der Waals surface area contributed by atoms with Gasteiger partial charge in [-0.25, -0.2) is 0 Å². The maximum absolute atomic E-state index is 12.6. The highest BCUT2D eigenvalue weighted by Crippen LogP contribution is 2.15. The number of hydrogen-bond acceptors (Lipinski definition) is 3. The van der Waals surface area contributed by atoms with E-state index in [1.807, 2.05) is 0 Å². The van der Waals surface area contributed by atoms with E-state index >= 15 is 0 Å². The van der Waals surface area contributed by atoms with E-state index in [2.05, 4.69) is 50.3 Å². The molecule has 0 aliphatic heterocycles. The van der Waals surface area contributed by atoms with Crippen molar-refractivity contribution in [3.8, 4) is 0 Å². The molecule has 0 aliphatic rings. The van der Waals surface area contributed by atoms with E-state index in [1.54, 1.807) is 0 Å². The quantitative estimate of drug-likeness (QED) is 0.0482. The Hall–Kier alpha value is -1.84. The lowest BCUT2D eigenvalue weighted by molar-refractivity contribution is -0.147. The molecule has 0 radical (unpaired) electrons. The molecular formula is C38H68O4. The van der Waals surface area contributed by atoms with Gasteiger partial charge in [0.1, 0.15) is 6.10 Å². The lowest BCUT2D eigenvalue weighted by Gasteiger charge is -2.15. The standard InChI is InChI=1S/C38H68O4/c1-3-5-7-9-11-13-14-15-16-17-18-19-21-27-31-35-38(41)42-36(32-28-24-20-12-10-8-6-4-2)33-29-25-22-23-26-30-34-37(39)40/h11,13,15-16,28,32,36H,3-10,12,14,17-27,29-31,33-35H2,1-2H3,(H,39,40)/b13-11-,16-15-,32-28-. The Kier molecular flexibility index (Phi) is 32.2. The van der Waals surface area contributed by atoms with Crippen LogP contribution in [0, 0.1) is 0 Å².